The number of aromatic nitrogens is 1. The van der Waals surface area contributed by atoms with E-state index in [1.54, 1.807) is 30.7 Å². The first-order chi connectivity index (χ1) is 13.6. The van der Waals surface area contributed by atoms with E-state index in [2.05, 4.69) is 20.7 Å². The number of nitrogens with two attached hydrogens (primary N) is 1. The molecule has 0 bridgehead atoms. The first-order valence-corrected chi connectivity index (χ1v) is 9.06. The van der Waals surface area contributed by atoms with E-state index in [4.69, 9.17) is 10.9 Å². The van der Waals surface area contributed by atoms with Crippen molar-refractivity contribution in [2.24, 2.45) is 10.9 Å². The molecular weight excluding hydrogens is 358 g/mol. The molecule has 2 aromatic rings. The van der Waals surface area contributed by atoms with Crippen molar-refractivity contribution >= 4 is 18.2 Å². The Balaban J connectivity index is 1.71. The Hall–Kier alpha value is -3.42. The number of nitrogens with zero attached hydrogens (tertiary/aromatic N) is 2. The van der Waals surface area contributed by atoms with Crippen LogP contribution in [0.2, 0.25) is 0 Å². The first-order valence-electron chi connectivity index (χ1n) is 9.06. The van der Waals surface area contributed by atoms with Crippen LogP contribution in [0.1, 0.15) is 42.0 Å². The molecule has 0 aliphatic carbocycles. The number of unbranched alkanes of at least 4 members (excludes halogenated alkanes) is 1. The predicted molar refractivity (Wildman–Crippen MR) is 107 cm³/mol. The molecule has 0 saturated carbocycles. The highest BCUT2D eigenvalue weighted by Gasteiger charge is 2.17. The minimum atomic E-state index is -0.988. The second-order valence-corrected chi connectivity index (χ2v) is 6.31. The van der Waals surface area contributed by atoms with Crippen molar-refractivity contribution in [1.29, 1.82) is 0 Å². The third kappa shape index (κ3) is 7.45. The molecule has 28 heavy (non-hydrogen) atoms. The van der Waals surface area contributed by atoms with Crippen LogP contribution in [-0.2, 0) is 11.2 Å². The van der Waals surface area contributed by atoms with E-state index in [1.165, 1.54) is 5.56 Å². The molecule has 2 rings (SSSR count). The minimum absolute atomic E-state index is 0.204. The standard InChI is InChI=1S/C20H25N5O3/c21-24-13-16-8-6-15(7-9-16)4-1-2-11-23-20(28)25-18(12-19(26)27)17-5-3-10-22-14-17/h3,5-10,13-14,18H,1-2,4,11-12,21H2,(H,26,27)(H2,23,25,28). The number of aliphatic carboxylic acids is 1. The third-order valence-electron chi connectivity index (χ3n) is 4.15. The molecule has 0 radical (unpaired) electrons. The van der Waals surface area contributed by atoms with Crippen molar-refractivity contribution in [3.63, 3.8) is 0 Å². The van der Waals surface area contributed by atoms with Gasteiger partial charge in [-0.25, -0.2) is 4.79 Å². The van der Waals surface area contributed by atoms with Crippen LogP contribution in [0.5, 0.6) is 0 Å². The van der Waals surface area contributed by atoms with Gasteiger partial charge in [-0.3, -0.25) is 9.78 Å². The van der Waals surface area contributed by atoms with Gasteiger partial charge in [0.2, 0.25) is 0 Å². The maximum atomic E-state index is 12.1. The van der Waals surface area contributed by atoms with Crippen molar-refractivity contribution in [3.8, 4) is 0 Å². The summed E-state index contributed by atoms with van der Waals surface area (Å²) in [6, 6.07) is 10.4. The van der Waals surface area contributed by atoms with Gasteiger partial charge in [-0.1, -0.05) is 30.3 Å². The highest BCUT2D eigenvalue weighted by molar-refractivity contribution is 5.79. The molecule has 148 valence electrons. The topological polar surface area (TPSA) is 130 Å². The van der Waals surface area contributed by atoms with Gasteiger partial charge >= 0.3 is 12.0 Å². The van der Waals surface area contributed by atoms with Gasteiger partial charge in [-0.05, 0) is 42.0 Å². The van der Waals surface area contributed by atoms with Crippen LogP contribution in [-0.4, -0.2) is 34.9 Å². The van der Waals surface area contributed by atoms with Crippen LogP contribution < -0.4 is 16.5 Å². The quantitative estimate of drug-likeness (QED) is 0.216. The lowest BCUT2D eigenvalue weighted by molar-refractivity contribution is -0.137. The summed E-state index contributed by atoms with van der Waals surface area (Å²) < 4.78 is 0. The molecular formula is C20H25N5O3. The Morgan fingerprint density at radius 2 is 2.00 bits per heavy atom. The lowest BCUT2D eigenvalue weighted by atomic mass is 10.1. The average molecular weight is 383 g/mol. The number of aryl methyl sites for hydroxylation is 1. The van der Waals surface area contributed by atoms with Crippen molar-refractivity contribution in [2.75, 3.05) is 6.54 Å². The molecule has 0 saturated heterocycles. The lowest BCUT2D eigenvalue weighted by Crippen LogP contribution is -2.39. The molecule has 1 heterocycles. The van der Waals surface area contributed by atoms with Crippen LogP contribution in [0.3, 0.4) is 0 Å². The van der Waals surface area contributed by atoms with Gasteiger partial charge in [0.15, 0.2) is 0 Å². The largest absolute Gasteiger partial charge is 0.481 e. The number of carbonyl (C=O) groups excluding carboxylic acids is 1. The Morgan fingerprint density at radius 1 is 1.21 bits per heavy atom. The normalized spacial score (nSPS) is 11.9. The molecule has 1 unspecified atom stereocenters. The van der Waals surface area contributed by atoms with Crippen LogP contribution in [0, 0.1) is 0 Å². The summed E-state index contributed by atoms with van der Waals surface area (Å²) in [6.45, 7) is 0.510. The lowest BCUT2D eigenvalue weighted by Gasteiger charge is -2.17. The number of hydrogen-bond acceptors (Lipinski definition) is 5. The fourth-order valence-electron chi connectivity index (χ4n) is 2.73. The van der Waals surface area contributed by atoms with Crippen molar-refractivity contribution in [3.05, 3.63) is 65.5 Å². The number of carboxylic acids is 1. The number of carboxylic acid groups (broad SMARTS) is 1. The van der Waals surface area contributed by atoms with E-state index in [9.17, 15) is 9.59 Å². The summed E-state index contributed by atoms with van der Waals surface area (Å²) in [4.78, 5) is 27.1. The van der Waals surface area contributed by atoms with Gasteiger partial charge in [-0.2, -0.15) is 5.10 Å². The molecule has 8 heteroatoms. The molecule has 0 aliphatic rings. The van der Waals surface area contributed by atoms with E-state index in [1.807, 2.05) is 24.3 Å². The molecule has 1 atom stereocenters. The summed E-state index contributed by atoms with van der Waals surface area (Å²) in [7, 11) is 0. The van der Waals surface area contributed by atoms with E-state index in [-0.39, 0.29) is 12.5 Å². The zero-order valence-corrected chi connectivity index (χ0v) is 15.5. The zero-order chi connectivity index (χ0) is 20.2. The zero-order valence-electron chi connectivity index (χ0n) is 15.5. The summed E-state index contributed by atoms with van der Waals surface area (Å²) in [5.74, 6) is 4.13. The van der Waals surface area contributed by atoms with E-state index in [0.717, 1.165) is 24.8 Å². The van der Waals surface area contributed by atoms with Crippen molar-refractivity contribution < 1.29 is 14.7 Å². The second kappa shape index (κ2) is 11.3. The molecule has 2 amide bonds. The fraction of sp³-hybridized carbons (Fsp3) is 0.300. The van der Waals surface area contributed by atoms with Crippen molar-refractivity contribution in [2.45, 2.75) is 31.7 Å². The number of hydrazone groups is 1. The summed E-state index contributed by atoms with van der Waals surface area (Å²) in [5.41, 5.74) is 2.81. The predicted octanol–water partition coefficient (Wildman–Crippen LogP) is 2.21. The van der Waals surface area contributed by atoms with Crippen LogP contribution >= 0.6 is 0 Å². The Morgan fingerprint density at radius 3 is 2.64 bits per heavy atom. The Labute approximate surface area is 163 Å². The third-order valence-corrected chi connectivity index (χ3v) is 4.15. The number of rotatable bonds is 10. The Bertz CT molecular complexity index is 778. The van der Waals surface area contributed by atoms with Crippen LogP contribution in [0.25, 0.3) is 0 Å². The molecule has 1 aromatic heterocycles. The highest BCUT2D eigenvalue weighted by atomic mass is 16.4. The highest BCUT2D eigenvalue weighted by Crippen LogP contribution is 2.15. The van der Waals surface area contributed by atoms with E-state index >= 15 is 0 Å². The molecule has 0 fully saturated rings. The van der Waals surface area contributed by atoms with Gasteiger partial charge in [0.05, 0.1) is 18.7 Å². The smallest absolute Gasteiger partial charge is 0.315 e. The van der Waals surface area contributed by atoms with Crippen LogP contribution in [0.15, 0.2) is 53.9 Å². The van der Waals surface area contributed by atoms with Gasteiger partial charge in [0.1, 0.15) is 0 Å². The summed E-state index contributed by atoms with van der Waals surface area (Å²) >= 11 is 0. The van der Waals surface area contributed by atoms with Gasteiger partial charge in [0.25, 0.3) is 0 Å². The minimum Gasteiger partial charge on any atom is -0.481 e. The fourth-order valence-corrected chi connectivity index (χ4v) is 2.73. The Kier molecular flexibility index (Phi) is 8.45. The average Bonchev–Trinajstić information content (AvgIpc) is 2.69. The SMILES string of the molecule is NN=Cc1ccc(CCCCNC(=O)NC(CC(=O)O)c2cccnc2)cc1. The molecule has 5 N–H and O–H groups in total. The monoisotopic (exact) mass is 383 g/mol. The van der Waals surface area contributed by atoms with Gasteiger partial charge in [0, 0.05) is 18.9 Å². The maximum Gasteiger partial charge on any atom is 0.315 e. The molecule has 1 aromatic carbocycles. The van der Waals surface area contributed by atoms with Crippen molar-refractivity contribution in [1.82, 2.24) is 15.6 Å². The maximum absolute atomic E-state index is 12.1. The second-order valence-electron chi connectivity index (χ2n) is 6.31. The molecule has 8 nitrogen and oxygen atoms in total. The number of urea groups is 1. The number of hydrogen-bond donors (Lipinski definition) is 4. The van der Waals surface area contributed by atoms with Crippen LogP contribution in [0.4, 0.5) is 4.79 Å². The number of pyridine rings is 1. The van der Waals surface area contributed by atoms with E-state index in [0.29, 0.717) is 12.1 Å². The number of amides is 2. The number of carbonyl (C=O) groups is 2. The summed E-state index contributed by atoms with van der Waals surface area (Å²) in [5, 5.41) is 18.0. The van der Waals surface area contributed by atoms with Gasteiger partial charge < -0.3 is 21.6 Å². The molecule has 0 aliphatic heterocycles. The number of benzene rings is 1. The van der Waals surface area contributed by atoms with Gasteiger partial charge in [-0.15, -0.1) is 0 Å². The first kappa shape index (κ1) is 20.9. The van der Waals surface area contributed by atoms with E-state index < -0.39 is 12.0 Å². The summed E-state index contributed by atoms with van der Waals surface area (Å²) in [6.07, 6.45) is 7.18. The number of nitrogens with one attached hydrogen (secondary N) is 2. The molecule has 0 spiro atoms.